The van der Waals surface area contributed by atoms with E-state index in [0.717, 1.165) is 38.3 Å². The summed E-state index contributed by atoms with van der Waals surface area (Å²) < 4.78 is 5.32. The fourth-order valence-electron chi connectivity index (χ4n) is 3.11. The van der Waals surface area contributed by atoms with Crippen LogP contribution in [0.3, 0.4) is 0 Å². The highest BCUT2D eigenvalue weighted by Gasteiger charge is 2.30. The molecule has 17 heavy (non-hydrogen) atoms. The largest absolute Gasteiger partial charge is 0.465 e. The van der Waals surface area contributed by atoms with E-state index in [0.29, 0.717) is 12.5 Å². The van der Waals surface area contributed by atoms with Crippen LogP contribution in [0.1, 0.15) is 45.4 Å². The molecule has 3 heteroatoms. The van der Waals surface area contributed by atoms with Crippen LogP contribution in [0, 0.1) is 17.8 Å². The molecule has 3 nitrogen and oxygen atoms in total. The second kappa shape index (κ2) is 6.39. The fourth-order valence-corrected chi connectivity index (χ4v) is 3.11. The van der Waals surface area contributed by atoms with E-state index in [4.69, 9.17) is 4.74 Å². The predicted octanol–water partition coefficient (Wildman–Crippen LogP) is 2.36. The van der Waals surface area contributed by atoms with Crippen molar-refractivity contribution in [3.8, 4) is 0 Å². The maximum Gasteiger partial charge on any atom is 0.308 e. The summed E-state index contributed by atoms with van der Waals surface area (Å²) in [6, 6.07) is 0. The van der Waals surface area contributed by atoms with Gasteiger partial charge in [0.05, 0.1) is 12.5 Å². The van der Waals surface area contributed by atoms with Crippen LogP contribution in [0.25, 0.3) is 0 Å². The van der Waals surface area contributed by atoms with Crippen molar-refractivity contribution in [2.45, 2.75) is 45.4 Å². The Kier molecular flexibility index (Phi) is 4.84. The molecular formula is C14H25NO2. The minimum Gasteiger partial charge on any atom is -0.465 e. The number of esters is 1. The van der Waals surface area contributed by atoms with Crippen LogP contribution >= 0.6 is 0 Å². The molecule has 1 aliphatic carbocycles. The van der Waals surface area contributed by atoms with Gasteiger partial charge in [0.1, 0.15) is 0 Å². The molecule has 1 saturated carbocycles. The summed E-state index contributed by atoms with van der Waals surface area (Å²) in [7, 11) is 0. The summed E-state index contributed by atoms with van der Waals surface area (Å²) in [4.78, 5) is 12.0. The molecule has 1 aliphatic heterocycles. The SMILES string of the molecule is CCCOC(=O)C1CCC2CCC(CNC2)C1. The van der Waals surface area contributed by atoms with Crippen molar-refractivity contribution in [3.63, 3.8) is 0 Å². The number of hydrogen-bond acceptors (Lipinski definition) is 3. The number of ether oxygens (including phenoxy) is 1. The molecule has 2 fully saturated rings. The Morgan fingerprint density at radius 3 is 2.71 bits per heavy atom. The normalized spacial score (nSPS) is 33.6. The smallest absolute Gasteiger partial charge is 0.308 e. The lowest BCUT2D eigenvalue weighted by molar-refractivity contribution is -0.149. The Bertz CT molecular complexity index is 255. The summed E-state index contributed by atoms with van der Waals surface area (Å²) in [6.07, 6.45) is 6.80. The van der Waals surface area contributed by atoms with Gasteiger partial charge in [0.25, 0.3) is 0 Å². The van der Waals surface area contributed by atoms with Crippen molar-refractivity contribution in [1.29, 1.82) is 0 Å². The van der Waals surface area contributed by atoms with E-state index in [2.05, 4.69) is 5.32 Å². The van der Waals surface area contributed by atoms with Gasteiger partial charge in [-0.25, -0.2) is 0 Å². The standard InChI is InChI=1S/C14H25NO2/c1-2-7-17-14(16)13-6-5-11-3-4-12(8-13)10-15-9-11/h11-13,15H,2-10H2,1H3. The Morgan fingerprint density at radius 2 is 1.88 bits per heavy atom. The van der Waals surface area contributed by atoms with Gasteiger partial charge < -0.3 is 10.1 Å². The number of hydrogen-bond donors (Lipinski definition) is 1. The maximum absolute atomic E-state index is 12.0. The first-order valence-electron chi connectivity index (χ1n) is 7.17. The molecule has 1 N–H and O–H groups in total. The molecule has 0 aromatic heterocycles. The van der Waals surface area contributed by atoms with Gasteiger partial charge in [-0.2, -0.15) is 0 Å². The van der Waals surface area contributed by atoms with Gasteiger partial charge in [-0.15, -0.1) is 0 Å². The van der Waals surface area contributed by atoms with Gasteiger partial charge >= 0.3 is 5.97 Å². The van der Waals surface area contributed by atoms with E-state index in [1.807, 2.05) is 6.92 Å². The second-order valence-corrected chi connectivity index (χ2v) is 5.65. The zero-order valence-electron chi connectivity index (χ0n) is 10.9. The number of rotatable bonds is 3. The van der Waals surface area contributed by atoms with Crippen LogP contribution in [0.2, 0.25) is 0 Å². The second-order valence-electron chi connectivity index (χ2n) is 5.65. The average molecular weight is 239 g/mol. The van der Waals surface area contributed by atoms with Crippen molar-refractivity contribution < 1.29 is 9.53 Å². The summed E-state index contributed by atoms with van der Waals surface area (Å²) in [6.45, 7) is 4.87. The van der Waals surface area contributed by atoms with E-state index in [-0.39, 0.29) is 11.9 Å². The highest BCUT2D eigenvalue weighted by atomic mass is 16.5. The first kappa shape index (κ1) is 12.9. The molecule has 3 unspecified atom stereocenters. The van der Waals surface area contributed by atoms with Crippen LogP contribution in [0.15, 0.2) is 0 Å². The van der Waals surface area contributed by atoms with Gasteiger partial charge in [0.15, 0.2) is 0 Å². The first-order chi connectivity index (χ1) is 8.29. The molecule has 2 bridgehead atoms. The zero-order chi connectivity index (χ0) is 12.1. The zero-order valence-corrected chi connectivity index (χ0v) is 10.9. The lowest BCUT2D eigenvalue weighted by Gasteiger charge is -2.24. The topological polar surface area (TPSA) is 38.3 Å². The van der Waals surface area contributed by atoms with E-state index >= 15 is 0 Å². The van der Waals surface area contributed by atoms with E-state index < -0.39 is 0 Å². The average Bonchev–Trinajstić information content (AvgIpc) is 2.47. The van der Waals surface area contributed by atoms with Gasteiger partial charge in [0.2, 0.25) is 0 Å². The van der Waals surface area contributed by atoms with Crippen molar-refractivity contribution in [1.82, 2.24) is 5.32 Å². The maximum atomic E-state index is 12.0. The Morgan fingerprint density at radius 1 is 1.18 bits per heavy atom. The Balaban J connectivity index is 1.91. The van der Waals surface area contributed by atoms with Gasteiger partial charge in [-0.3, -0.25) is 4.79 Å². The molecule has 1 heterocycles. The van der Waals surface area contributed by atoms with Crippen LogP contribution in [-0.2, 0) is 9.53 Å². The summed E-state index contributed by atoms with van der Waals surface area (Å²) >= 11 is 0. The number of carbonyl (C=O) groups is 1. The van der Waals surface area contributed by atoms with Crippen LogP contribution in [-0.4, -0.2) is 25.7 Å². The fraction of sp³-hybridized carbons (Fsp3) is 0.929. The quantitative estimate of drug-likeness (QED) is 0.768. The first-order valence-corrected chi connectivity index (χ1v) is 7.17. The minimum atomic E-state index is 0.0550. The molecule has 0 spiro atoms. The molecule has 0 aromatic rings. The molecule has 1 saturated heterocycles. The Hall–Kier alpha value is -0.570. The van der Waals surface area contributed by atoms with Gasteiger partial charge in [-0.05, 0) is 63.5 Å². The molecule has 3 atom stereocenters. The van der Waals surface area contributed by atoms with Crippen molar-refractivity contribution in [3.05, 3.63) is 0 Å². The van der Waals surface area contributed by atoms with Gasteiger partial charge in [0, 0.05) is 0 Å². The van der Waals surface area contributed by atoms with Crippen LogP contribution in [0.4, 0.5) is 0 Å². The van der Waals surface area contributed by atoms with E-state index in [1.54, 1.807) is 0 Å². The monoisotopic (exact) mass is 239 g/mol. The summed E-state index contributed by atoms with van der Waals surface area (Å²) in [5.74, 6) is 1.68. The lowest BCUT2D eigenvalue weighted by Crippen LogP contribution is -2.25. The van der Waals surface area contributed by atoms with Crippen molar-refractivity contribution in [2.24, 2.45) is 17.8 Å². The van der Waals surface area contributed by atoms with Gasteiger partial charge in [-0.1, -0.05) is 6.92 Å². The Labute approximate surface area is 104 Å². The number of nitrogens with one attached hydrogen (secondary N) is 1. The number of fused-ring (bicyclic) bond motifs is 3. The lowest BCUT2D eigenvalue weighted by atomic mass is 9.81. The van der Waals surface area contributed by atoms with Crippen molar-refractivity contribution in [2.75, 3.05) is 19.7 Å². The van der Waals surface area contributed by atoms with E-state index in [9.17, 15) is 4.79 Å². The predicted molar refractivity (Wildman–Crippen MR) is 67.7 cm³/mol. The van der Waals surface area contributed by atoms with Crippen LogP contribution in [0.5, 0.6) is 0 Å². The molecule has 98 valence electrons. The third-order valence-electron chi connectivity index (χ3n) is 4.17. The number of carbonyl (C=O) groups excluding carboxylic acids is 1. The van der Waals surface area contributed by atoms with E-state index in [1.165, 1.54) is 19.3 Å². The molecule has 0 radical (unpaired) electrons. The molecule has 0 aromatic carbocycles. The summed E-state index contributed by atoms with van der Waals surface area (Å²) in [5, 5.41) is 3.54. The third-order valence-corrected chi connectivity index (χ3v) is 4.17. The highest BCUT2D eigenvalue weighted by Crippen LogP contribution is 2.32. The molecule has 0 amide bonds. The van der Waals surface area contributed by atoms with Crippen molar-refractivity contribution >= 4 is 5.97 Å². The minimum absolute atomic E-state index is 0.0550. The molecular weight excluding hydrogens is 214 g/mol. The molecule has 2 aliphatic rings. The molecule has 2 rings (SSSR count). The highest BCUT2D eigenvalue weighted by molar-refractivity contribution is 5.72. The van der Waals surface area contributed by atoms with Crippen LogP contribution < -0.4 is 5.32 Å². The third kappa shape index (κ3) is 3.70. The summed E-state index contributed by atoms with van der Waals surface area (Å²) in [5.41, 5.74) is 0.